The molecule has 7 rings (SSSR count). The van der Waals surface area contributed by atoms with Crippen molar-refractivity contribution in [3.63, 3.8) is 0 Å². The third-order valence-corrected chi connectivity index (χ3v) is 9.60. The van der Waals surface area contributed by atoms with Crippen LogP contribution in [0, 0.1) is 5.82 Å². The molecule has 0 aliphatic carbocycles. The lowest BCUT2D eigenvalue weighted by Gasteiger charge is -2.35. The summed E-state index contributed by atoms with van der Waals surface area (Å²) in [5, 5.41) is 12.3. The van der Waals surface area contributed by atoms with Crippen LogP contribution in [0.25, 0.3) is 10.8 Å². The lowest BCUT2D eigenvalue weighted by Crippen LogP contribution is -2.43. The first kappa shape index (κ1) is 27.6. The molecule has 3 aromatic rings. The van der Waals surface area contributed by atoms with Gasteiger partial charge in [-0.1, -0.05) is 13.0 Å². The summed E-state index contributed by atoms with van der Waals surface area (Å²) in [5.74, 6) is 0.801. The van der Waals surface area contributed by atoms with E-state index in [2.05, 4.69) is 14.7 Å². The molecule has 0 saturated carbocycles. The van der Waals surface area contributed by atoms with E-state index in [1.54, 1.807) is 18.2 Å². The fourth-order valence-corrected chi connectivity index (χ4v) is 7.60. The van der Waals surface area contributed by atoms with E-state index < -0.39 is 6.17 Å². The number of phenols is 1. The van der Waals surface area contributed by atoms with Gasteiger partial charge in [0.2, 0.25) is 0 Å². The third kappa shape index (κ3) is 4.92. The van der Waals surface area contributed by atoms with Crippen molar-refractivity contribution in [2.24, 2.45) is 0 Å². The Labute approximate surface area is 245 Å². The number of aromatic hydroxyl groups is 1. The highest BCUT2D eigenvalue weighted by atomic mass is 19.1. The van der Waals surface area contributed by atoms with Gasteiger partial charge in [-0.2, -0.15) is 9.97 Å². The Morgan fingerprint density at radius 1 is 1.10 bits per heavy atom. The van der Waals surface area contributed by atoms with Gasteiger partial charge in [0.25, 0.3) is 0 Å². The maximum absolute atomic E-state index is 14.9. The van der Waals surface area contributed by atoms with Crippen LogP contribution in [0.2, 0.25) is 0 Å². The van der Waals surface area contributed by atoms with Crippen molar-refractivity contribution < 1.29 is 23.4 Å². The van der Waals surface area contributed by atoms with E-state index in [0.29, 0.717) is 63.7 Å². The van der Waals surface area contributed by atoms with Crippen molar-refractivity contribution in [2.75, 3.05) is 62.3 Å². The number of alkyl halides is 1. The molecule has 3 saturated heterocycles. The van der Waals surface area contributed by atoms with Crippen LogP contribution >= 0.6 is 0 Å². The van der Waals surface area contributed by atoms with Crippen LogP contribution in [0.4, 0.5) is 20.3 Å². The summed E-state index contributed by atoms with van der Waals surface area (Å²) >= 11 is 0. The zero-order valence-corrected chi connectivity index (χ0v) is 24.2. The lowest BCUT2D eigenvalue weighted by molar-refractivity contribution is 0.107. The Balaban J connectivity index is 1.25. The maximum Gasteiger partial charge on any atom is 0.318 e. The molecule has 224 valence electrons. The topological polar surface area (TPSA) is 74.2 Å². The monoisotopic (exact) mass is 579 g/mol. The van der Waals surface area contributed by atoms with Crippen molar-refractivity contribution in [3.05, 3.63) is 46.9 Å². The van der Waals surface area contributed by atoms with E-state index in [0.717, 1.165) is 79.0 Å². The fourth-order valence-electron chi connectivity index (χ4n) is 7.60. The molecule has 0 unspecified atom stereocenters. The molecular weight excluding hydrogens is 540 g/mol. The number of benzene rings is 2. The number of nitrogens with zero attached hydrogens (tertiary/aromatic N) is 5. The highest BCUT2D eigenvalue weighted by Gasteiger charge is 2.49. The summed E-state index contributed by atoms with van der Waals surface area (Å²) in [6.07, 6.45) is 3.80. The number of halogens is 2. The van der Waals surface area contributed by atoms with Gasteiger partial charge in [0, 0.05) is 61.9 Å². The van der Waals surface area contributed by atoms with Gasteiger partial charge in [0.1, 0.15) is 30.2 Å². The number of rotatable bonds is 6. The molecule has 4 aliphatic rings. The van der Waals surface area contributed by atoms with Gasteiger partial charge >= 0.3 is 6.01 Å². The molecule has 4 aliphatic heterocycles. The Hall–Kier alpha value is -3.24. The average molecular weight is 580 g/mol. The van der Waals surface area contributed by atoms with Gasteiger partial charge in [0.15, 0.2) is 0 Å². The first-order valence-corrected chi connectivity index (χ1v) is 15.4. The van der Waals surface area contributed by atoms with Crippen molar-refractivity contribution in [1.82, 2.24) is 14.9 Å². The first-order valence-electron chi connectivity index (χ1n) is 15.4. The molecule has 0 bridgehead atoms. The normalized spacial score (nSPS) is 24.6. The van der Waals surface area contributed by atoms with Crippen LogP contribution in [0.5, 0.6) is 11.8 Å². The number of phenolic OH excluding ortho intramolecular Hbond substituents is 1. The molecule has 2 aromatic carbocycles. The molecule has 5 heterocycles. The number of hydrogen-bond donors (Lipinski definition) is 1. The summed E-state index contributed by atoms with van der Waals surface area (Å²) < 4.78 is 41.4. The van der Waals surface area contributed by atoms with Crippen molar-refractivity contribution >= 4 is 22.3 Å². The first-order chi connectivity index (χ1) is 20.4. The number of hydrogen-bond acceptors (Lipinski definition) is 8. The van der Waals surface area contributed by atoms with E-state index in [4.69, 9.17) is 19.4 Å². The minimum atomic E-state index is -0.825. The number of ether oxygens (including phenoxy) is 2. The Kier molecular flexibility index (Phi) is 7.30. The standard InChI is InChI=1S/C32H39F2N5O3/c1-2-24-26(34)6-5-21-15-23(40)16-28(29(21)24)38-11-7-25-27(19-38)35-31(36-30(25)37-9-4-13-41-14-12-37)42-20-32-8-3-10-39(32)18-22(33)17-32/h5-6,15-16,22,40H,2-4,7-14,17-20H2,1H3/t22-,32+/m1/s1. The zero-order chi connectivity index (χ0) is 28.8. The second-order valence-electron chi connectivity index (χ2n) is 12.2. The minimum absolute atomic E-state index is 0.150. The highest BCUT2D eigenvalue weighted by Crippen LogP contribution is 2.41. The molecule has 3 fully saturated rings. The molecule has 0 spiro atoms. The Morgan fingerprint density at radius 3 is 2.88 bits per heavy atom. The molecule has 42 heavy (non-hydrogen) atoms. The molecule has 0 radical (unpaired) electrons. The minimum Gasteiger partial charge on any atom is -0.508 e. The van der Waals surface area contributed by atoms with Gasteiger partial charge in [-0.25, -0.2) is 8.78 Å². The van der Waals surface area contributed by atoms with Crippen LogP contribution in [-0.4, -0.2) is 84.2 Å². The molecule has 1 aromatic heterocycles. The van der Waals surface area contributed by atoms with Gasteiger partial charge in [-0.15, -0.1) is 0 Å². The third-order valence-electron chi connectivity index (χ3n) is 9.60. The van der Waals surface area contributed by atoms with E-state index in [9.17, 15) is 13.9 Å². The SMILES string of the molecule is CCc1c(F)ccc2cc(O)cc(N3CCc4c(nc(OC[C@@]56CCCN5C[C@H](F)C6)nc4N4CCCOCC4)C3)c12. The summed E-state index contributed by atoms with van der Waals surface area (Å²) in [7, 11) is 0. The number of anilines is 2. The fraction of sp³-hybridized carbons (Fsp3) is 0.562. The Morgan fingerprint density at radius 2 is 2.00 bits per heavy atom. The summed E-state index contributed by atoms with van der Waals surface area (Å²) in [6.45, 7) is 7.80. The predicted octanol–water partition coefficient (Wildman–Crippen LogP) is 4.78. The number of fused-ring (bicyclic) bond motifs is 3. The van der Waals surface area contributed by atoms with Gasteiger partial charge in [0.05, 0.1) is 24.4 Å². The summed E-state index contributed by atoms with van der Waals surface area (Å²) in [4.78, 5) is 16.6. The number of aryl methyl sites for hydroxylation is 1. The second kappa shape index (κ2) is 11.1. The molecule has 2 atom stereocenters. The molecule has 8 nitrogen and oxygen atoms in total. The van der Waals surface area contributed by atoms with E-state index in [-0.39, 0.29) is 17.1 Å². The van der Waals surface area contributed by atoms with Crippen molar-refractivity contribution in [1.29, 1.82) is 0 Å². The number of aromatic nitrogens is 2. The van der Waals surface area contributed by atoms with E-state index in [1.807, 2.05) is 6.92 Å². The predicted molar refractivity (Wildman–Crippen MR) is 158 cm³/mol. The van der Waals surface area contributed by atoms with Gasteiger partial charge in [-0.3, -0.25) is 4.90 Å². The van der Waals surface area contributed by atoms with Gasteiger partial charge < -0.3 is 24.4 Å². The highest BCUT2D eigenvalue weighted by molar-refractivity contribution is 5.98. The molecule has 0 amide bonds. The molecule has 10 heteroatoms. The van der Waals surface area contributed by atoms with Crippen LogP contribution in [0.3, 0.4) is 0 Å². The largest absolute Gasteiger partial charge is 0.508 e. The van der Waals surface area contributed by atoms with Crippen LogP contribution < -0.4 is 14.5 Å². The van der Waals surface area contributed by atoms with Crippen molar-refractivity contribution in [2.45, 2.75) is 63.7 Å². The van der Waals surface area contributed by atoms with Crippen LogP contribution in [0.1, 0.15) is 49.4 Å². The van der Waals surface area contributed by atoms with Crippen LogP contribution in [0.15, 0.2) is 24.3 Å². The zero-order valence-electron chi connectivity index (χ0n) is 24.2. The lowest BCUT2D eigenvalue weighted by atomic mass is 9.95. The van der Waals surface area contributed by atoms with Crippen LogP contribution in [-0.2, 0) is 24.1 Å². The van der Waals surface area contributed by atoms with Gasteiger partial charge in [-0.05, 0) is 61.7 Å². The molecular formula is C32H39F2N5O3. The van der Waals surface area contributed by atoms with E-state index in [1.165, 1.54) is 6.07 Å². The maximum atomic E-state index is 14.9. The van der Waals surface area contributed by atoms with Crippen molar-refractivity contribution in [3.8, 4) is 11.8 Å². The smallest absolute Gasteiger partial charge is 0.318 e. The van der Waals surface area contributed by atoms with E-state index >= 15 is 0 Å². The average Bonchev–Trinajstić information content (AvgIpc) is 3.36. The molecule has 1 N–H and O–H groups in total. The Bertz CT molecular complexity index is 1480. The summed E-state index contributed by atoms with van der Waals surface area (Å²) in [6, 6.07) is 6.96. The second-order valence-corrected chi connectivity index (χ2v) is 12.2. The quantitative estimate of drug-likeness (QED) is 0.448. The summed E-state index contributed by atoms with van der Waals surface area (Å²) in [5.41, 5.74) is 3.12.